The Morgan fingerprint density at radius 1 is 1.25 bits per heavy atom. The number of ether oxygens (including phenoxy) is 2. The van der Waals surface area contributed by atoms with Gasteiger partial charge in [0.2, 0.25) is 10.0 Å². The third kappa shape index (κ3) is 4.17. The Bertz CT molecular complexity index is 627. The molecule has 1 aromatic heterocycles. The molecule has 1 unspecified atom stereocenters. The Labute approximate surface area is 145 Å². The van der Waals surface area contributed by atoms with Gasteiger partial charge in [-0.15, -0.1) is 0 Å². The van der Waals surface area contributed by atoms with Crippen LogP contribution in [-0.2, 0) is 26.0 Å². The number of nitrogens with zero attached hydrogens (tertiary/aromatic N) is 3. The minimum absolute atomic E-state index is 0.129. The van der Waals surface area contributed by atoms with Gasteiger partial charge in [-0.05, 0) is 12.8 Å². The molecule has 1 atom stereocenters. The van der Waals surface area contributed by atoms with Crippen molar-refractivity contribution < 1.29 is 17.9 Å². The largest absolute Gasteiger partial charge is 0.385 e. The molecule has 0 amide bonds. The average molecular weight is 359 g/mol. The van der Waals surface area contributed by atoms with Crippen LogP contribution in [0, 0.1) is 5.41 Å². The number of sulfonamides is 1. The highest BCUT2D eigenvalue weighted by Crippen LogP contribution is 2.49. The highest BCUT2D eigenvalue weighted by Gasteiger charge is 2.53. The van der Waals surface area contributed by atoms with E-state index in [0.29, 0.717) is 32.7 Å². The SMILES string of the molecule is COCCCCS(=O)(=O)N1CC(C)(C)C1c1nccn1CCOC. The van der Waals surface area contributed by atoms with E-state index < -0.39 is 10.0 Å². The fourth-order valence-electron chi connectivity index (χ4n) is 3.19. The molecule has 2 rings (SSSR count). The summed E-state index contributed by atoms with van der Waals surface area (Å²) in [6, 6.07) is -0.225. The highest BCUT2D eigenvalue weighted by atomic mass is 32.2. The summed E-state index contributed by atoms with van der Waals surface area (Å²) in [6.45, 7) is 6.53. The number of imidazole rings is 1. The number of rotatable bonds is 10. The summed E-state index contributed by atoms with van der Waals surface area (Å²) < 4.78 is 39.1. The van der Waals surface area contributed by atoms with E-state index in [9.17, 15) is 8.42 Å². The van der Waals surface area contributed by atoms with Crippen molar-refractivity contribution in [2.24, 2.45) is 5.41 Å². The van der Waals surface area contributed by atoms with Crippen molar-refractivity contribution in [1.82, 2.24) is 13.9 Å². The van der Waals surface area contributed by atoms with Gasteiger partial charge in [0.15, 0.2) is 0 Å². The summed E-state index contributed by atoms with van der Waals surface area (Å²) >= 11 is 0. The lowest BCUT2D eigenvalue weighted by atomic mass is 9.76. The summed E-state index contributed by atoms with van der Waals surface area (Å²) in [4.78, 5) is 4.44. The first kappa shape index (κ1) is 19.4. The summed E-state index contributed by atoms with van der Waals surface area (Å²) in [7, 11) is -0.0136. The van der Waals surface area contributed by atoms with Crippen LogP contribution in [0.2, 0.25) is 0 Å². The Hall–Kier alpha value is -0.960. The topological polar surface area (TPSA) is 73.7 Å². The fraction of sp³-hybridized carbons (Fsp3) is 0.812. The highest BCUT2D eigenvalue weighted by molar-refractivity contribution is 7.89. The molecule has 138 valence electrons. The minimum atomic E-state index is -3.29. The van der Waals surface area contributed by atoms with Gasteiger partial charge in [0.1, 0.15) is 5.82 Å². The van der Waals surface area contributed by atoms with Crippen LogP contribution in [0.15, 0.2) is 12.4 Å². The first-order chi connectivity index (χ1) is 11.3. The predicted octanol–water partition coefficient (Wildman–Crippen LogP) is 1.67. The van der Waals surface area contributed by atoms with Gasteiger partial charge >= 0.3 is 0 Å². The molecule has 1 aliphatic heterocycles. The van der Waals surface area contributed by atoms with E-state index in [1.165, 1.54) is 0 Å². The van der Waals surface area contributed by atoms with Gasteiger partial charge < -0.3 is 14.0 Å². The van der Waals surface area contributed by atoms with Crippen LogP contribution in [0.1, 0.15) is 38.6 Å². The first-order valence-corrected chi connectivity index (χ1v) is 9.93. The second kappa shape index (κ2) is 7.95. The van der Waals surface area contributed by atoms with Gasteiger partial charge in [-0.25, -0.2) is 13.4 Å². The van der Waals surface area contributed by atoms with Crippen LogP contribution in [0.25, 0.3) is 0 Å². The van der Waals surface area contributed by atoms with E-state index in [-0.39, 0.29) is 17.2 Å². The molecular weight excluding hydrogens is 330 g/mol. The maximum absolute atomic E-state index is 12.7. The second-order valence-electron chi connectivity index (χ2n) is 6.92. The molecule has 0 bridgehead atoms. The van der Waals surface area contributed by atoms with Crippen LogP contribution in [0.4, 0.5) is 0 Å². The van der Waals surface area contributed by atoms with Gasteiger partial charge in [0.05, 0.1) is 18.4 Å². The third-order valence-corrected chi connectivity index (χ3v) is 6.34. The van der Waals surface area contributed by atoms with Gasteiger partial charge in [0.25, 0.3) is 0 Å². The minimum Gasteiger partial charge on any atom is -0.385 e. The smallest absolute Gasteiger partial charge is 0.214 e. The van der Waals surface area contributed by atoms with E-state index in [1.54, 1.807) is 24.7 Å². The molecule has 0 spiro atoms. The van der Waals surface area contributed by atoms with Crippen LogP contribution in [0.3, 0.4) is 0 Å². The molecule has 0 N–H and O–H groups in total. The molecule has 1 aromatic rings. The van der Waals surface area contributed by atoms with Crippen LogP contribution >= 0.6 is 0 Å². The molecule has 1 fully saturated rings. The first-order valence-electron chi connectivity index (χ1n) is 8.32. The van der Waals surface area contributed by atoms with Gasteiger partial charge in [-0.3, -0.25) is 0 Å². The van der Waals surface area contributed by atoms with Crippen molar-refractivity contribution in [2.75, 3.05) is 39.7 Å². The lowest BCUT2D eigenvalue weighted by molar-refractivity contribution is 0.0107. The monoisotopic (exact) mass is 359 g/mol. The molecular formula is C16H29N3O4S. The lowest BCUT2D eigenvalue weighted by Crippen LogP contribution is -2.59. The summed E-state index contributed by atoms with van der Waals surface area (Å²) in [5.41, 5.74) is -0.129. The molecule has 24 heavy (non-hydrogen) atoms. The molecule has 0 aliphatic carbocycles. The van der Waals surface area contributed by atoms with E-state index in [1.807, 2.05) is 10.8 Å². The third-order valence-electron chi connectivity index (χ3n) is 4.48. The summed E-state index contributed by atoms with van der Waals surface area (Å²) in [6.07, 6.45) is 4.97. The predicted molar refractivity (Wildman–Crippen MR) is 92.2 cm³/mol. The summed E-state index contributed by atoms with van der Waals surface area (Å²) in [5.74, 6) is 0.950. The standard InChI is InChI=1S/C16H29N3O4S/c1-16(2)13-19(24(20,21)12-6-5-10-22-3)14(16)15-17-7-8-18(15)9-11-23-4/h7-8,14H,5-6,9-13H2,1-4H3. The van der Waals surface area contributed by atoms with Crippen LogP contribution < -0.4 is 0 Å². The van der Waals surface area contributed by atoms with Crippen LogP contribution in [-0.4, -0.2) is 62.0 Å². The lowest BCUT2D eigenvalue weighted by Gasteiger charge is -2.52. The molecule has 1 saturated heterocycles. The fourth-order valence-corrected chi connectivity index (χ4v) is 5.22. The average Bonchev–Trinajstić information content (AvgIpc) is 2.95. The molecule has 0 saturated carbocycles. The van der Waals surface area contributed by atoms with Crippen molar-refractivity contribution in [3.05, 3.63) is 18.2 Å². The van der Waals surface area contributed by atoms with Gasteiger partial charge in [-0.1, -0.05) is 13.8 Å². The number of hydrogen-bond acceptors (Lipinski definition) is 5. The number of methoxy groups -OCH3 is 2. The van der Waals surface area contributed by atoms with Crippen molar-refractivity contribution >= 4 is 10.0 Å². The normalized spacial score (nSPS) is 20.9. The molecule has 0 radical (unpaired) electrons. The van der Waals surface area contributed by atoms with E-state index in [4.69, 9.17) is 9.47 Å². The van der Waals surface area contributed by atoms with E-state index in [2.05, 4.69) is 18.8 Å². The van der Waals surface area contributed by atoms with Gasteiger partial charge in [-0.2, -0.15) is 4.31 Å². The Balaban J connectivity index is 2.13. The Morgan fingerprint density at radius 3 is 2.58 bits per heavy atom. The summed E-state index contributed by atoms with van der Waals surface area (Å²) in [5, 5.41) is 0. The molecule has 2 heterocycles. The van der Waals surface area contributed by atoms with E-state index in [0.717, 1.165) is 12.2 Å². The van der Waals surface area contributed by atoms with Crippen molar-refractivity contribution in [3.8, 4) is 0 Å². The zero-order chi connectivity index (χ0) is 17.8. The maximum atomic E-state index is 12.7. The molecule has 0 aromatic carbocycles. The number of aromatic nitrogens is 2. The Kier molecular flexibility index (Phi) is 6.41. The van der Waals surface area contributed by atoms with Crippen molar-refractivity contribution in [3.63, 3.8) is 0 Å². The van der Waals surface area contributed by atoms with Crippen molar-refractivity contribution in [1.29, 1.82) is 0 Å². The number of hydrogen-bond donors (Lipinski definition) is 0. The molecule has 1 aliphatic rings. The van der Waals surface area contributed by atoms with E-state index >= 15 is 0 Å². The maximum Gasteiger partial charge on any atom is 0.214 e. The molecule has 7 nitrogen and oxygen atoms in total. The van der Waals surface area contributed by atoms with Crippen molar-refractivity contribution in [2.45, 2.75) is 39.3 Å². The quantitative estimate of drug-likeness (QED) is 0.594. The van der Waals surface area contributed by atoms with Crippen LogP contribution in [0.5, 0.6) is 0 Å². The molecule has 8 heteroatoms. The Morgan fingerprint density at radius 2 is 1.96 bits per heavy atom. The zero-order valence-electron chi connectivity index (χ0n) is 15.1. The van der Waals surface area contributed by atoms with Gasteiger partial charge in [0, 0.05) is 51.7 Å². The number of unbranched alkanes of at least 4 members (excludes halogenated alkanes) is 1. The second-order valence-corrected chi connectivity index (χ2v) is 8.96. The zero-order valence-corrected chi connectivity index (χ0v) is 15.9.